The van der Waals surface area contributed by atoms with E-state index in [9.17, 15) is 22.8 Å². The van der Waals surface area contributed by atoms with Gasteiger partial charge in [-0.05, 0) is 38.1 Å². The number of hydrogen-bond acceptors (Lipinski definition) is 3. The largest absolute Gasteiger partial charge is 0.484 e. The number of rotatable bonds is 6. The van der Waals surface area contributed by atoms with Gasteiger partial charge in [-0.2, -0.15) is 13.2 Å². The molecule has 0 unspecified atom stereocenters. The molecule has 2 amide bonds. The Bertz CT molecular complexity index is 515. The zero-order chi connectivity index (χ0) is 16.8. The smallest absolute Gasteiger partial charge is 0.416 e. The molecule has 22 heavy (non-hydrogen) atoms. The second-order valence-corrected chi connectivity index (χ2v) is 4.49. The first-order valence-electron chi connectivity index (χ1n) is 6.61. The van der Waals surface area contributed by atoms with E-state index in [1.54, 1.807) is 6.92 Å². The first kappa shape index (κ1) is 17.8. The number of alkyl halides is 3. The van der Waals surface area contributed by atoms with Gasteiger partial charge in [0.2, 0.25) is 5.91 Å². The molecule has 8 heteroatoms. The van der Waals surface area contributed by atoms with Crippen molar-refractivity contribution in [3.05, 3.63) is 29.8 Å². The third-order valence-electron chi connectivity index (χ3n) is 2.67. The molecule has 1 rings (SSSR count). The highest BCUT2D eigenvalue weighted by molar-refractivity contribution is 5.87. The monoisotopic (exact) mass is 318 g/mol. The topological polar surface area (TPSA) is 67.4 Å². The molecule has 0 aromatic heterocycles. The Kier molecular flexibility index (Phi) is 6.21. The van der Waals surface area contributed by atoms with E-state index in [1.807, 2.05) is 0 Å². The van der Waals surface area contributed by atoms with Crippen molar-refractivity contribution in [1.82, 2.24) is 10.6 Å². The maximum Gasteiger partial charge on any atom is 0.416 e. The minimum Gasteiger partial charge on any atom is -0.484 e. The van der Waals surface area contributed by atoms with Crippen LogP contribution in [0, 0.1) is 0 Å². The van der Waals surface area contributed by atoms with Crippen LogP contribution in [-0.4, -0.2) is 31.0 Å². The summed E-state index contributed by atoms with van der Waals surface area (Å²) in [5, 5.41) is 4.96. The molecule has 0 saturated carbocycles. The minimum atomic E-state index is -4.42. The number of nitrogens with one attached hydrogen (secondary N) is 2. The third kappa shape index (κ3) is 5.63. The summed E-state index contributed by atoms with van der Waals surface area (Å²) >= 11 is 0. The molecule has 122 valence electrons. The molecule has 0 aliphatic carbocycles. The summed E-state index contributed by atoms with van der Waals surface area (Å²) in [5.74, 6) is -0.738. The van der Waals surface area contributed by atoms with Gasteiger partial charge in [0.1, 0.15) is 11.8 Å². The van der Waals surface area contributed by atoms with Gasteiger partial charge in [-0.1, -0.05) is 0 Å². The lowest BCUT2D eigenvalue weighted by Crippen LogP contribution is -2.46. The second kappa shape index (κ2) is 7.67. The Hall–Kier alpha value is -2.25. The van der Waals surface area contributed by atoms with Crippen molar-refractivity contribution in [2.24, 2.45) is 0 Å². The number of hydrogen-bond donors (Lipinski definition) is 2. The molecular weight excluding hydrogens is 301 g/mol. The van der Waals surface area contributed by atoms with Crippen LogP contribution in [0.25, 0.3) is 0 Å². The maximum atomic E-state index is 12.4. The fourth-order valence-corrected chi connectivity index (χ4v) is 1.57. The summed E-state index contributed by atoms with van der Waals surface area (Å²) in [4.78, 5) is 23.0. The molecule has 1 atom stereocenters. The number of carbonyl (C=O) groups is 2. The fraction of sp³-hybridized carbons (Fsp3) is 0.429. The highest BCUT2D eigenvalue weighted by Gasteiger charge is 2.30. The van der Waals surface area contributed by atoms with E-state index in [0.717, 1.165) is 24.3 Å². The van der Waals surface area contributed by atoms with Crippen LogP contribution in [0.2, 0.25) is 0 Å². The van der Waals surface area contributed by atoms with Crippen molar-refractivity contribution in [1.29, 1.82) is 0 Å². The molecule has 0 fully saturated rings. The van der Waals surface area contributed by atoms with E-state index in [-0.39, 0.29) is 11.7 Å². The first-order chi connectivity index (χ1) is 10.2. The van der Waals surface area contributed by atoms with Gasteiger partial charge >= 0.3 is 6.18 Å². The first-order valence-corrected chi connectivity index (χ1v) is 6.61. The van der Waals surface area contributed by atoms with Gasteiger partial charge in [-0.3, -0.25) is 9.59 Å². The molecule has 0 saturated heterocycles. The van der Waals surface area contributed by atoms with Gasteiger partial charge in [0.05, 0.1) is 5.56 Å². The molecular formula is C14H17F3N2O3. The Balaban J connectivity index is 2.46. The van der Waals surface area contributed by atoms with Gasteiger partial charge in [0, 0.05) is 6.54 Å². The predicted molar refractivity (Wildman–Crippen MR) is 73.2 cm³/mol. The predicted octanol–water partition coefficient (Wildman–Crippen LogP) is 1.73. The number of amides is 2. The molecule has 0 bridgehead atoms. The van der Waals surface area contributed by atoms with Crippen LogP contribution in [0.4, 0.5) is 13.2 Å². The summed E-state index contributed by atoms with van der Waals surface area (Å²) in [7, 11) is 0. The molecule has 0 heterocycles. The Morgan fingerprint density at radius 3 is 2.32 bits per heavy atom. The molecule has 1 aromatic rings. The van der Waals surface area contributed by atoms with Gasteiger partial charge < -0.3 is 15.4 Å². The summed E-state index contributed by atoms with van der Waals surface area (Å²) in [5.41, 5.74) is -0.797. The van der Waals surface area contributed by atoms with Crippen molar-refractivity contribution in [2.45, 2.75) is 26.1 Å². The van der Waals surface area contributed by atoms with Crippen LogP contribution in [0.3, 0.4) is 0 Å². The van der Waals surface area contributed by atoms with Crippen LogP contribution in [0.1, 0.15) is 19.4 Å². The van der Waals surface area contributed by atoms with Crippen LogP contribution < -0.4 is 15.4 Å². The van der Waals surface area contributed by atoms with Crippen molar-refractivity contribution in [3.8, 4) is 5.75 Å². The molecule has 1 aromatic carbocycles. The molecule has 0 radical (unpaired) electrons. The molecule has 2 N–H and O–H groups in total. The zero-order valence-electron chi connectivity index (χ0n) is 12.2. The zero-order valence-corrected chi connectivity index (χ0v) is 12.2. The highest BCUT2D eigenvalue weighted by atomic mass is 19.4. The molecule has 0 aliphatic heterocycles. The minimum absolute atomic E-state index is 0.133. The molecule has 0 spiro atoms. The van der Waals surface area contributed by atoms with Crippen molar-refractivity contribution in [3.63, 3.8) is 0 Å². The number of halogens is 3. The highest BCUT2D eigenvalue weighted by Crippen LogP contribution is 2.30. The summed E-state index contributed by atoms with van der Waals surface area (Å²) < 4.78 is 42.2. The van der Waals surface area contributed by atoms with Crippen molar-refractivity contribution < 1.29 is 27.5 Å². The number of ether oxygens (including phenoxy) is 1. The van der Waals surface area contributed by atoms with E-state index >= 15 is 0 Å². The quantitative estimate of drug-likeness (QED) is 0.839. The normalized spacial score (nSPS) is 12.4. The van der Waals surface area contributed by atoms with E-state index in [1.165, 1.54) is 6.92 Å². The summed E-state index contributed by atoms with van der Waals surface area (Å²) in [6.07, 6.45) is -4.42. The maximum absolute atomic E-state index is 12.4. The van der Waals surface area contributed by atoms with Crippen LogP contribution in [-0.2, 0) is 15.8 Å². The third-order valence-corrected chi connectivity index (χ3v) is 2.67. The number of likely N-dealkylation sites (N-methyl/N-ethyl adjacent to an activating group) is 1. The van der Waals surface area contributed by atoms with Gasteiger partial charge in [0.25, 0.3) is 5.91 Å². The Morgan fingerprint density at radius 1 is 1.23 bits per heavy atom. The number of benzene rings is 1. The van der Waals surface area contributed by atoms with E-state index in [4.69, 9.17) is 4.74 Å². The van der Waals surface area contributed by atoms with Gasteiger partial charge in [0.15, 0.2) is 6.61 Å². The van der Waals surface area contributed by atoms with Crippen LogP contribution >= 0.6 is 0 Å². The van der Waals surface area contributed by atoms with Crippen LogP contribution in [0.15, 0.2) is 24.3 Å². The second-order valence-electron chi connectivity index (χ2n) is 4.49. The molecule has 0 aliphatic rings. The van der Waals surface area contributed by atoms with Gasteiger partial charge in [-0.25, -0.2) is 0 Å². The lowest BCUT2D eigenvalue weighted by Gasteiger charge is -2.14. The lowest BCUT2D eigenvalue weighted by atomic mass is 10.2. The standard InChI is InChI=1S/C14H17F3N2O3/c1-3-18-13(21)9(2)19-12(20)8-22-11-6-4-10(5-7-11)14(15,16)17/h4-7,9H,3,8H2,1-2H3,(H,18,21)(H,19,20)/t9-/m0/s1. The lowest BCUT2D eigenvalue weighted by molar-refractivity contribution is -0.137. The summed E-state index contributed by atoms with van der Waals surface area (Å²) in [6, 6.07) is 3.27. The average molecular weight is 318 g/mol. The van der Waals surface area contributed by atoms with E-state index < -0.39 is 30.3 Å². The summed E-state index contributed by atoms with van der Waals surface area (Å²) in [6.45, 7) is 3.32. The molecule has 5 nitrogen and oxygen atoms in total. The van der Waals surface area contributed by atoms with E-state index in [0.29, 0.717) is 6.54 Å². The van der Waals surface area contributed by atoms with E-state index in [2.05, 4.69) is 10.6 Å². The average Bonchev–Trinajstić information content (AvgIpc) is 2.45. The Labute approximate surface area is 125 Å². The van der Waals surface area contributed by atoms with Crippen molar-refractivity contribution in [2.75, 3.05) is 13.2 Å². The fourth-order valence-electron chi connectivity index (χ4n) is 1.57. The van der Waals surface area contributed by atoms with Gasteiger partial charge in [-0.15, -0.1) is 0 Å². The van der Waals surface area contributed by atoms with Crippen molar-refractivity contribution >= 4 is 11.8 Å². The SMILES string of the molecule is CCNC(=O)[C@H](C)NC(=O)COc1ccc(C(F)(F)F)cc1. The Morgan fingerprint density at radius 2 is 1.82 bits per heavy atom. The number of carbonyl (C=O) groups excluding carboxylic acids is 2. The van der Waals surface area contributed by atoms with Crippen LogP contribution in [0.5, 0.6) is 5.75 Å².